The van der Waals surface area contributed by atoms with E-state index in [9.17, 15) is 18.3 Å². The molecular weight excluding hydrogens is 277 g/mol. The monoisotopic (exact) mass is 298 g/mol. The van der Waals surface area contributed by atoms with Gasteiger partial charge in [0.15, 0.2) is 0 Å². The Labute approximate surface area is 115 Å². The minimum Gasteiger partial charge on any atom is -0.389 e. The summed E-state index contributed by atoms with van der Waals surface area (Å²) in [6, 6.07) is 0.0703. The van der Waals surface area contributed by atoms with Crippen LogP contribution in [0.3, 0.4) is 0 Å². The third kappa shape index (κ3) is 5.13. The van der Waals surface area contributed by atoms with Crippen molar-refractivity contribution in [3.05, 3.63) is 0 Å². The number of alkyl halides is 3. The fourth-order valence-corrected chi connectivity index (χ4v) is 3.91. The normalized spacial score (nSPS) is 28.7. The minimum absolute atomic E-state index is 0.0703. The second-order valence-corrected chi connectivity index (χ2v) is 6.78. The SMILES string of the molecule is OC1(CN[C@@H]2CCN(CC(F)(F)F)C2)CCSCC1. The second-order valence-electron chi connectivity index (χ2n) is 5.55. The van der Waals surface area contributed by atoms with E-state index in [4.69, 9.17) is 0 Å². The van der Waals surface area contributed by atoms with Crippen molar-refractivity contribution in [1.29, 1.82) is 0 Å². The van der Waals surface area contributed by atoms with Gasteiger partial charge in [-0.2, -0.15) is 24.9 Å². The van der Waals surface area contributed by atoms with Gasteiger partial charge in [0.05, 0.1) is 12.1 Å². The Kier molecular flexibility index (Phi) is 5.03. The average molecular weight is 298 g/mol. The van der Waals surface area contributed by atoms with Gasteiger partial charge in [0.25, 0.3) is 0 Å². The van der Waals surface area contributed by atoms with Gasteiger partial charge in [-0.15, -0.1) is 0 Å². The maximum absolute atomic E-state index is 12.3. The number of halogens is 3. The van der Waals surface area contributed by atoms with Crippen molar-refractivity contribution < 1.29 is 18.3 Å². The van der Waals surface area contributed by atoms with Crippen LogP contribution in [0, 0.1) is 0 Å². The number of likely N-dealkylation sites (tertiary alicyclic amines) is 1. The highest BCUT2D eigenvalue weighted by Crippen LogP contribution is 2.27. The molecule has 1 atom stereocenters. The summed E-state index contributed by atoms with van der Waals surface area (Å²) in [6.45, 7) is 0.569. The molecule has 2 N–H and O–H groups in total. The molecule has 0 radical (unpaired) electrons. The van der Waals surface area contributed by atoms with Crippen molar-refractivity contribution >= 4 is 11.8 Å². The summed E-state index contributed by atoms with van der Waals surface area (Å²) >= 11 is 1.84. The number of hydrogen-bond donors (Lipinski definition) is 2. The molecule has 112 valence electrons. The Balaban J connectivity index is 1.70. The number of nitrogens with zero attached hydrogens (tertiary/aromatic N) is 1. The van der Waals surface area contributed by atoms with Gasteiger partial charge in [-0.05, 0) is 30.8 Å². The Bertz CT molecular complexity index is 295. The van der Waals surface area contributed by atoms with Crippen molar-refractivity contribution in [1.82, 2.24) is 10.2 Å². The first-order valence-electron chi connectivity index (χ1n) is 6.69. The van der Waals surface area contributed by atoms with Crippen LogP contribution in [0.1, 0.15) is 19.3 Å². The predicted octanol–water partition coefficient (Wildman–Crippen LogP) is 1.47. The predicted molar refractivity (Wildman–Crippen MR) is 70.4 cm³/mol. The fourth-order valence-electron chi connectivity index (χ4n) is 2.66. The minimum atomic E-state index is -4.12. The van der Waals surface area contributed by atoms with Crippen LogP contribution < -0.4 is 5.32 Å². The van der Waals surface area contributed by atoms with E-state index in [0.29, 0.717) is 19.6 Å². The van der Waals surface area contributed by atoms with E-state index in [0.717, 1.165) is 30.8 Å². The molecule has 2 rings (SSSR count). The molecule has 2 fully saturated rings. The average Bonchev–Trinajstić information content (AvgIpc) is 2.73. The van der Waals surface area contributed by atoms with Crippen molar-refractivity contribution in [3.8, 4) is 0 Å². The molecule has 2 aliphatic rings. The molecule has 0 amide bonds. The number of aliphatic hydroxyl groups is 1. The maximum Gasteiger partial charge on any atom is 0.401 e. The Morgan fingerprint density at radius 3 is 2.63 bits per heavy atom. The van der Waals surface area contributed by atoms with Crippen LogP contribution in [-0.4, -0.2) is 65.5 Å². The van der Waals surface area contributed by atoms with E-state index in [-0.39, 0.29) is 6.04 Å². The van der Waals surface area contributed by atoms with Gasteiger partial charge in [0.1, 0.15) is 0 Å². The van der Waals surface area contributed by atoms with E-state index < -0.39 is 18.3 Å². The maximum atomic E-state index is 12.3. The van der Waals surface area contributed by atoms with E-state index in [2.05, 4.69) is 5.32 Å². The molecule has 2 aliphatic heterocycles. The highest BCUT2D eigenvalue weighted by Gasteiger charge is 2.35. The largest absolute Gasteiger partial charge is 0.401 e. The molecule has 0 bridgehead atoms. The summed E-state index contributed by atoms with van der Waals surface area (Å²) in [4.78, 5) is 1.43. The molecule has 0 unspecified atom stereocenters. The van der Waals surface area contributed by atoms with E-state index in [1.807, 2.05) is 11.8 Å². The van der Waals surface area contributed by atoms with Gasteiger partial charge in [-0.3, -0.25) is 4.90 Å². The van der Waals surface area contributed by atoms with Gasteiger partial charge in [0.2, 0.25) is 0 Å². The number of thioether (sulfide) groups is 1. The standard InChI is InChI=1S/C12H21F3N2OS/c13-12(14,15)9-17-4-1-10(7-17)16-8-11(18)2-5-19-6-3-11/h10,16,18H,1-9H2/t10-/m1/s1. The molecule has 7 heteroatoms. The zero-order valence-electron chi connectivity index (χ0n) is 10.9. The lowest BCUT2D eigenvalue weighted by Crippen LogP contribution is -2.47. The summed E-state index contributed by atoms with van der Waals surface area (Å²) in [6.07, 6.45) is -1.86. The third-order valence-electron chi connectivity index (χ3n) is 3.82. The summed E-state index contributed by atoms with van der Waals surface area (Å²) in [7, 11) is 0. The smallest absolute Gasteiger partial charge is 0.389 e. The quantitative estimate of drug-likeness (QED) is 0.824. The van der Waals surface area contributed by atoms with Crippen molar-refractivity contribution in [2.24, 2.45) is 0 Å². The molecule has 2 heterocycles. The summed E-state index contributed by atoms with van der Waals surface area (Å²) in [5, 5.41) is 13.6. The van der Waals surface area contributed by atoms with Gasteiger partial charge in [-0.25, -0.2) is 0 Å². The molecule has 0 aromatic rings. The van der Waals surface area contributed by atoms with Crippen LogP contribution >= 0.6 is 11.8 Å². The lowest BCUT2D eigenvalue weighted by molar-refractivity contribution is -0.143. The van der Waals surface area contributed by atoms with Crippen molar-refractivity contribution in [2.45, 2.75) is 37.1 Å². The Morgan fingerprint density at radius 2 is 2.00 bits per heavy atom. The highest BCUT2D eigenvalue weighted by atomic mass is 32.2. The molecule has 0 aromatic carbocycles. The Hall–Kier alpha value is 0.0200. The summed E-state index contributed by atoms with van der Waals surface area (Å²) in [5.74, 6) is 1.92. The first-order valence-corrected chi connectivity index (χ1v) is 7.84. The van der Waals surface area contributed by atoms with Crippen molar-refractivity contribution in [3.63, 3.8) is 0 Å². The summed E-state index contributed by atoms with van der Waals surface area (Å²) < 4.78 is 36.8. The van der Waals surface area contributed by atoms with Crippen LogP contribution in [0.4, 0.5) is 13.2 Å². The van der Waals surface area contributed by atoms with Crippen LogP contribution in [0.5, 0.6) is 0 Å². The molecule has 19 heavy (non-hydrogen) atoms. The number of rotatable bonds is 4. The van der Waals surface area contributed by atoms with E-state index in [1.54, 1.807) is 0 Å². The van der Waals surface area contributed by atoms with Crippen LogP contribution in [-0.2, 0) is 0 Å². The fraction of sp³-hybridized carbons (Fsp3) is 1.00. The molecular formula is C12H21F3N2OS. The second kappa shape index (κ2) is 6.20. The molecule has 0 saturated carbocycles. The zero-order valence-corrected chi connectivity index (χ0v) is 11.7. The first kappa shape index (κ1) is 15.4. The molecule has 2 saturated heterocycles. The number of hydrogen-bond acceptors (Lipinski definition) is 4. The molecule has 0 aromatic heterocycles. The van der Waals surface area contributed by atoms with Gasteiger partial charge in [-0.1, -0.05) is 0 Å². The zero-order chi connectivity index (χ0) is 13.9. The first-order chi connectivity index (χ1) is 8.86. The van der Waals surface area contributed by atoms with Gasteiger partial charge in [0, 0.05) is 25.7 Å². The molecule has 0 aliphatic carbocycles. The lowest BCUT2D eigenvalue weighted by Gasteiger charge is -2.33. The Morgan fingerprint density at radius 1 is 1.32 bits per heavy atom. The van der Waals surface area contributed by atoms with Crippen molar-refractivity contribution in [2.75, 3.05) is 37.7 Å². The third-order valence-corrected chi connectivity index (χ3v) is 4.80. The van der Waals surface area contributed by atoms with Gasteiger partial charge >= 0.3 is 6.18 Å². The molecule has 0 spiro atoms. The number of nitrogens with one attached hydrogen (secondary N) is 1. The van der Waals surface area contributed by atoms with E-state index in [1.165, 1.54) is 4.90 Å². The van der Waals surface area contributed by atoms with E-state index >= 15 is 0 Å². The van der Waals surface area contributed by atoms with Crippen LogP contribution in [0.15, 0.2) is 0 Å². The highest BCUT2D eigenvalue weighted by molar-refractivity contribution is 7.99. The van der Waals surface area contributed by atoms with Gasteiger partial charge < -0.3 is 10.4 Å². The summed E-state index contributed by atoms with van der Waals surface area (Å²) in [5.41, 5.74) is -0.664. The van der Waals surface area contributed by atoms with Crippen LogP contribution in [0.25, 0.3) is 0 Å². The van der Waals surface area contributed by atoms with Crippen LogP contribution in [0.2, 0.25) is 0 Å². The topological polar surface area (TPSA) is 35.5 Å². The lowest BCUT2D eigenvalue weighted by atomic mass is 9.96. The molecule has 3 nitrogen and oxygen atoms in total.